The van der Waals surface area contributed by atoms with Gasteiger partial charge >= 0.3 is 0 Å². The van der Waals surface area contributed by atoms with Gasteiger partial charge in [-0.05, 0) is 48.7 Å². The molecule has 1 amide bonds. The number of carbonyl (C=O) groups excluding carboxylic acids is 1. The van der Waals surface area contributed by atoms with Crippen molar-refractivity contribution in [1.82, 2.24) is 16.0 Å². The van der Waals surface area contributed by atoms with Crippen molar-refractivity contribution in [2.45, 2.75) is 71.1 Å². The Balaban J connectivity index is 2.07. The van der Waals surface area contributed by atoms with Crippen LogP contribution in [0.5, 0.6) is 0 Å². The Morgan fingerprint density at radius 1 is 0.931 bits per heavy atom. The van der Waals surface area contributed by atoms with E-state index >= 15 is 0 Å². The van der Waals surface area contributed by atoms with Gasteiger partial charge < -0.3 is 16.0 Å². The number of hydrogen-bond acceptors (Lipinski definition) is 3. The maximum absolute atomic E-state index is 13.2. The topological polar surface area (TPSA) is 53.2 Å². The highest BCUT2D eigenvalue weighted by molar-refractivity contribution is 5.82. The Hall–Kier alpha value is -2.35. The molecule has 0 saturated heterocycles. The highest BCUT2D eigenvalue weighted by Gasteiger charge is 2.23. The fourth-order valence-electron chi connectivity index (χ4n) is 3.34. The number of amides is 1. The fraction of sp³-hybridized carbons (Fsp3) is 0.480. The monoisotopic (exact) mass is 393 g/mol. The number of nitrogens with one attached hydrogen (secondary N) is 3. The molecule has 0 aliphatic rings. The van der Waals surface area contributed by atoms with Crippen molar-refractivity contribution in [2.75, 3.05) is 6.54 Å². The summed E-state index contributed by atoms with van der Waals surface area (Å²) in [5.74, 6) is 0.0391. The van der Waals surface area contributed by atoms with E-state index in [4.69, 9.17) is 0 Å². The minimum atomic E-state index is -0.209. The molecule has 156 valence electrons. The third-order valence-corrected chi connectivity index (χ3v) is 4.76. The number of unbranched alkanes of at least 4 members (excludes halogenated alkanes) is 1. The summed E-state index contributed by atoms with van der Waals surface area (Å²) in [5.41, 5.74) is 2.07. The maximum Gasteiger partial charge on any atom is 0.237 e. The zero-order valence-electron chi connectivity index (χ0n) is 18.2. The minimum Gasteiger partial charge on any atom is -0.344 e. The molecule has 4 heteroatoms. The summed E-state index contributed by atoms with van der Waals surface area (Å²) in [6, 6.07) is 22.1. The van der Waals surface area contributed by atoms with E-state index in [2.05, 4.69) is 55.8 Å². The minimum absolute atomic E-state index is 0.0391. The molecule has 3 N–H and O–H groups in total. The molecule has 2 aromatic rings. The van der Waals surface area contributed by atoms with Gasteiger partial charge in [0.2, 0.25) is 5.91 Å². The Morgan fingerprint density at radius 3 is 2.31 bits per heavy atom. The van der Waals surface area contributed by atoms with Gasteiger partial charge in [0.25, 0.3) is 0 Å². The van der Waals surface area contributed by atoms with Gasteiger partial charge in [0.15, 0.2) is 0 Å². The molecule has 2 aromatic carbocycles. The third-order valence-electron chi connectivity index (χ3n) is 4.76. The zero-order chi connectivity index (χ0) is 21.1. The molecule has 0 aliphatic heterocycles. The molecule has 0 aliphatic carbocycles. The molecule has 2 atom stereocenters. The van der Waals surface area contributed by atoms with Gasteiger partial charge in [-0.1, -0.05) is 76.6 Å². The molecular weight excluding hydrogens is 358 g/mol. The van der Waals surface area contributed by atoms with Crippen LogP contribution in [0.15, 0.2) is 48.5 Å². The van der Waals surface area contributed by atoms with E-state index in [9.17, 15) is 4.79 Å². The van der Waals surface area contributed by atoms with E-state index in [1.54, 1.807) is 0 Å². The van der Waals surface area contributed by atoms with Gasteiger partial charge in [-0.15, -0.1) is 0 Å². The van der Waals surface area contributed by atoms with E-state index < -0.39 is 0 Å². The Morgan fingerprint density at radius 2 is 1.69 bits per heavy atom. The van der Waals surface area contributed by atoms with Crippen LogP contribution in [0.1, 0.15) is 64.1 Å². The van der Waals surface area contributed by atoms with Crippen molar-refractivity contribution >= 4 is 5.91 Å². The van der Waals surface area contributed by atoms with Crippen LogP contribution >= 0.6 is 0 Å². The molecule has 0 heterocycles. The molecule has 0 spiro atoms. The van der Waals surface area contributed by atoms with Crippen LogP contribution in [0.4, 0.5) is 0 Å². The fourth-order valence-corrected chi connectivity index (χ4v) is 3.34. The van der Waals surface area contributed by atoms with Gasteiger partial charge in [0.1, 0.15) is 0 Å². The van der Waals surface area contributed by atoms with Crippen LogP contribution in [0.25, 0.3) is 0 Å². The van der Waals surface area contributed by atoms with E-state index in [1.807, 2.05) is 48.5 Å². The predicted octanol–water partition coefficient (Wildman–Crippen LogP) is 4.03. The van der Waals surface area contributed by atoms with E-state index in [0.717, 1.165) is 36.9 Å². The van der Waals surface area contributed by atoms with Gasteiger partial charge in [0, 0.05) is 12.1 Å². The van der Waals surface area contributed by atoms with Gasteiger partial charge in [-0.25, -0.2) is 0 Å². The quantitative estimate of drug-likeness (QED) is 0.477. The Bertz CT molecular complexity index is 661. The van der Waals surface area contributed by atoms with Crippen molar-refractivity contribution in [3.8, 4) is 0 Å². The summed E-state index contributed by atoms with van der Waals surface area (Å²) >= 11 is 0. The molecular formula is C25H35N3O. The Labute approximate surface area is 176 Å². The normalized spacial score (nSPS) is 12.2. The second-order valence-electron chi connectivity index (χ2n) is 8.10. The molecule has 0 aromatic heterocycles. The van der Waals surface area contributed by atoms with Gasteiger partial charge in [0.05, 0.1) is 12.1 Å². The molecule has 4 nitrogen and oxygen atoms in total. The lowest BCUT2D eigenvalue weighted by molar-refractivity contribution is -0.124. The summed E-state index contributed by atoms with van der Waals surface area (Å²) in [7, 11) is 0. The lowest BCUT2D eigenvalue weighted by atomic mass is 9.98. The first-order chi connectivity index (χ1) is 14.0. The standard InChI is InChI=1S/C25H35N3O/c1-19(2)26-18-12-11-17-23(27-20(3)4)25(29)28-24(21-13-7-5-8-14-21)22-15-9-6-10-16-22/h5,7-9,13-16,19-20,23-24,26-27H,11-12,17-18H2,1-4H3,(H,28,29). The van der Waals surface area contributed by atoms with Crippen molar-refractivity contribution < 1.29 is 4.79 Å². The molecule has 2 rings (SSSR count). The summed E-state index contributed by atoms with van der Waals surface area (Å²) in [5, 5.41) is 10.1. The zero-order valence-corrected chi connectivity index (χ0v) is 18.2. The van der Waals surface area contributed by atoms with Crippen LogP contribution in [-0.4, -0.2) is 30.6 Å². The summed E-state index contributed by atoms with van der Waals surface area (Å²) in [4.78, 5) is 13.2. The van der Waals surface area contributed by atoms with Crippen LogP contribution in [-0.2, 0) is 4.79 Å². The molecule has 0 fully saturated rings. The van der Waals surface area contributed by atoms with Crippen LogP contribution in [0.2, 0.25) is 0 Å². The number of hydrogen-bond donors (Lipinski definition) is 3. The lowest BCUT2D eigenvalue weighted by Gasteiger charge is -2.25. The van der Waals surface area contributed by atoms with Crippen LogP contribution in [0.3, 0.4) is 0 Å². The largest absolute Gasteiger partial charge is 0.344 e. The number of rotatable bonds is 12. The molecule has 0 radical (unpaired) electrons. The van der Waals surface area contributed by atoms with Gasteiger partial charge in [-0.2, -0.15) is 0 Å². The highest BCUT2D eigenvalue weighted by atomic mass is 16.2. The van der Waals surface area contributed by atoms with Crippen molar-refractivity contribution in [2.24, 2.45) is 0 Å². The van der Waals surface area contributed by atoms with Crippen LogP contribution in [0, 0.1) is 12.1 Å². The van der Waals surface area contributed by atoms with Crippen molar-refractivity contribution in [3.05, 3.63) is 71.8 Å². The van der Waals surface area contributed by atoms with Crippen molar-refractivity contribution in [3.63, 3.8) is 0 Å². The van der Waals surface area contributed by atoms with E-state index in [1.165, 1.54) is 0 Å². The highest BCUT2D eigenvalue weighted by Crippen LogP contribution is 2.21. The predicted molar refractivity (Wildman–Crippen MR) is 120 cm³/mol. The maximum atomic E-state index is 13.2. The average Bonchev–Trinajstić information content (AvgIpc) is 2.71. The van der Waals surface area contributed by atoms with E-state index in [0.29, 0.717) is 6.04 Å². The van der Waals surface area contributed by atoms with Gasteiger partial charge in [-0.3, -0.25) is 4.79 Å². The first kappa shape index (κ1) is 22.9. The number of benzene rings is 1. The molecule has 2 unspecified atom stereocenters. The first-order valence-electron chi connectivity index (χ1n) is 10.7. The number of carbonyl (C=O) groups is 1. The third kappa shape index (κ3) is 8.27. The molecule has 0 saturated carbocycles. The first-order valence-corrected chi connectivity index (χ1v) is 10.7. The smallest absolute Gasteiger partial charge is 0.237 e. The summed E-state index contributed by atoms with van der Waals surface area (Å²) < 4.78 is 0. The molecule has 0 bridgehead atoms. The SMILES string of the molecule is CC(C)NCCCCC(NC(C)C)C(=O)NC(c1cc#ccc1)c1ccccc1. The second kappa shape index (κ2) is 12.3. The second-order valence-corrected chi connectivity index (χ2v) is 8.10. The van der Waals surface area contributed by atoms with Crippen molar-refractivity contribution in [1.29, 1.82) is 0 Å². The lowest BCUT2D eigenvalue weighted by Crippen LogP contribution is -2.48. The average molecular weight is 394 g/mol. The molecule has 29 heavy (non-hydrogen) atoms. The summed E-state index contributed by atoms with van der Waals surface area (Å²) in [6.07, 6.45) is 2.88. The van der Waals surface area contributed by atoms with Crippen LogP contribution < -0.4 is 16.0 Å². The summed E-state index contributed by atoms with van der Waals surface area (Å²) in [6.45, 7) is 9.45. The Kier molecular flexibility index (Phi) is 9.70. The van der Waals surface area contributed by atoms with E-state index in [-0.39, 0.29) is 24.0 Å².